The molecular formula is C15H21N5O. The maximum absolute atomic E-state index is 11.7. The highest BCUT2D eigenvalue weighted by Gasteiger charge is 2.07. The lowest BCUT2D eigenvalue weighted by atomic mass is 10.2. The Morgan fingerprint density at radius 2 is 2.19 bits per heavy atom. The third-order valence-corrected chi connectivity index (χ3v) is 3.01. The number of carbonyl (C=O) groups is 1. The molecule has 0 aliphatic rings. The fraction of sp³-hybridized carbons (Fsp3) is 0.400. The van der Waals surface area contributed by atoms with Crippen LogP contribution in [0.5, 0.6) is 0 Å². The van der Waals surface area contributed by atoms with E-state index in [1.807, 2.05) is 49.7 Å². The lowest BCUT2D eigenvalue weighted by Gasteiger charge is -2.09. The third-order valence-electron chi connectivity index (χ3n) is 3.01. The number of carbonyl (C=O) groups excluding carboxylic acids is 1. The van der Waals surface area contributed by atoms with Crippen LogP contribution in [0.2, 0.25) is 0 Å². The Morgan fingerprint density at radius 1 is 1.43 bits per heavy atom. The van der Waals surface area contributed by atoms with Crippen LogP contribution < -0.4 is 11.1 Å². The van der Waals surface area contributed by atoms with E-state index in [1.165, 1.54) is 0 Å². The number of nitrogens with one attached hydrogen (secondary N) is 1. The van der Waals surface area contributed by atoms with Gasteiger partial charge in [-0.15, -0.1) is 0 Å². The molecule has 1 unspecified atom stereocenters. The number of rotatable bonds is 5. The highest BCUT2D eigenvalue weighted by atomic mass is 16.1. The summed E-state index contributed by atoms with van der Waals surface area (Å²) >= 11 is 0. The lowest BCUT2D eigenvalue weighted by Crippen LogP contribution is -2.24. The van der Waals surface area contributed by atoms with E-state index in [-0.39, 0.29) is 11.9 Å². The van der Waals surface area contributed by atoms with Crippen LogP contribution in [0, 0.1) is 13.8 Å². The highest BCUT2D eigenvalue weighted by Crippen LogP contribution is 2.13. The van der Waals surface area contributed by atoms with Crippen LogP contribution in [0.25, 0.3) is 0 Å². The third kappa shape index (κ3) is 4.39. The van der Waals surface area contributed by atoms with Gasteiger partial charge in [-0.1, -0.05) is 12.1 Å². The zero-order valence-electron chi connectivity index (χ0n) is 12.6. The first-order chi connectivity index (χ1) is 9.94. The van der Waals surface area contributed by atoms with Crippen LogP contribution in [0.3, 0.4) is 0 Å². The van der Waals surface area contributed by atoms with Crippen molar-refractivity contribution in [2.24, 2.45) is 5.73 Å². The van der Waals surface area contributed by atoms with Gasteiger partial charge in [0, 0.05) is 18.2 Å². The number of benzene rings is 1. The summed E-state index contributed by atoms with van der Waals surface area (Å²) < 4.78 is 1.85. The largest absolute Gasteiger partial charge is 0.327 e. The fourth-order valence-electron chi connectivity index (χ4n) is 2.14. The van der Waals surface area contributed by atoms with Gasteiger partial charge in [0.05, 0.1) is 6.54 Å². The summed E-state index contributed by atoms with van der Waals surface area (Å²) in [5.41, 5.74) is 7.45. The summed E-state index contributed by atoms with van der Waals surface area (Å²) in [4.78, 5) is 16.0. The molecule has 3 N–H and O–H groups in total. The number of nitrogens with zero attached hydrogens (tertiary/aromatic N) is 3. The molecule has 1 amide bonds. The first-order valence-electron chi connectivity index (χ1n) is 6.96. The van der Waals surface area contributed by atoms with Gasteiger partial charge in [0.2, 0.25) is 5.91 Å². The van der Waals surface area contributed by atoms with Crippen LogP contribution in [-0.4, -0.2) is 26.7 Å². The van der Waals surface area contributed by atoms with E-state index in [1.54, 1.807) is 0 Å². The zero-order chi connectivity index (χ0) is 15.4. The quantitative estimate of drug-likeness (QED) is 0.875. The van der Waals surface area contributed by atoms with Gasteiger partial charge in [-0.25, -0.2) is 9.67 Å². The highest BCUT2D eigenvalue weighted by molar-refractivity contribution is 5.91. The molecule has 2 aromatic rings. The molecule has 0 fully saturated rings. The number of aromatic nitrogens is 3. The van der Waals surface area contributed by atoms with Crippen molar-refractivity contribution in [1.82, 2.24) is 14.8 Å². The van der Waals surface area contributed by atoms with Crippen molar-refractivity contribution in [3.05, 3.63) is 41.5 Å². The molecule has 2 rings (SSSR count). The second kappa shape index (κ2) is 6.49. The molecule has 21 heavy (non-hydrogen) atoms. The number of hydrogen-bond acceptors (Lipinski definition) is 4. The molecule has 0 spiro atoms. The predicted molar refractivity (Wildman–Crippen MR) is 81.9 cm³/mol. The second-order valence-corrected chi connectivity index (χ2v) is 5.29. The molecule has 0 saturated carbocycles. The standard InChI is InChI=1S/C15H21N5O/c1-10(16)7-15(21)18-14-6-4-5-13(8-14)9-20-12(3)17-11(2)19-20/h4-6,8,10H,7,9,16H2,1-3H3,(H,18,21). The number of amides is 1. The molecule has 1 aromatic heterocycles. The Hall–Kier alpha value is -2.21. The van der Waals surface area contributed by atoms with Crippen molar-refractivity contribution in [2.45, 2.75) is 39.8 Å². The summed E-state index contributed by atoms with van der Waals surface area (Å²) in [7, 11) is 0. The Bertz CT molecular complexity index is 633. The molecule has 1 atom stereocenters. The molecule has 1 aromatic carbocycles. The van der Waals surface area contributed by atoms with E-state index in [0.717, 1.165) is 22.9 Å². The Labute approximate surface area is 124 Å². The molecule has 0 bridgehead atoms. The van der Waals surface area contributed by atoms with E-state index < -0.39 is 0 Å². The minimum Gasteiger partial charge on any atom is -0.327 e. The first kappa shape index (κ1) is 15.2. The van der Waals surface area contributed by atoms with Gasteiger partial charge in [-0.2, -0.15) is 5.10 Å². The minimum atomic E-state index is -0.144. The van der Waals surface area contributed by atoms with Crippen LogP contribution >= 0.6 is 0 Å². The molecule has 6 heteroatoms. The lowest BCUT2D eigenvalue weighted by molar-refractivity contribution is -0.116. The van der Waals surface area contributed by atoms with Crippen LogP contribution in [0.4, 0.5) is 5.69 Å². The second-order valence-electron chi connectivity index (χ2n) is 5.29. The van der Waals surface area contributed by atoms with Gasteiger partial charge in [0.25, 0.3) is 0 Å². The average Bonchev–Trinajstić information content (AvgIpc) is 2.67. The van der Waals surface area contributed by atoms with Gasteiger partial charge in [0.1, 0.15) is 11.6 Å². The molecular weight excluding hydrogens is 266 g/mol. The maximum Gasteiger partial charge on any atom is 0.225 e. The van der Waals surface area contributed by atoms with Gasteiger partial charge in [0.15, 0.2) is 0 Å². The predicted octanol–water partition coefficient (Wildman–Crippen LogP) is 1.62. The van der Waals surface area contributed by atoms with E-state index in [4.69, 9.17) is 5.73 Å². The van der Waals surface area contributed by atoms with E-state index in [2.05, 4.69) is 15.4 Å². The van der Waals surface area contributed by atoms with Gasteiger partial charge in [-0.3, -0.25) is 4.79 Å². The van der Waals surface area contributed by atoms with Crippen molar-refractivity contribution >= 4 is 11.6 Å². The normalized spacial score (nSPS) is 12.2. The summed E-state index contributed by atoms with van der Waals surface area (Å²) in [6, 6.07) is 7.57. The Balaban J connectivity index is 2.07. The van der Waals surface area contributed by atoms with E-state index in [0.29, 0.717) is 13.0 Å². The van der Waals surface area contributed by atoms with Crippen molar-refractivity contribution in [2.75, 3.05) is 5.32 Å². The van der Waals surface area contributed by atoms with Crippen LogP contribution in [0.15, 0.2) is 24.3 Å². The van der Waals surface area contributed by atoms with Gasteiger partial charge >= 0.3 is 0 Å². The van der Waals surface area contributed by atoms with Crippen molar-refractivity contribution < 1.29 is 4.79 Å². The molecule has 0 aliphatic heterocycles. The van der Waals surface area contributed by atoms with Gasteiger partial charge < -0.3 is 11.1 Å². The summed E-state index contributed by atoms with van der Waals surface area (Å²) in [6.07, 6.45) is 0.311. The Morgan fingerprint density at radius 3 is 2.81 bits per heavy atom. The fourth-order valence-corrected chi connectivity index (χ4v) is 2.14. The summed E-state index contributed by atoms with van der Waals surface area (Å²) in [5, 5.41) is 7.19. The maximum atomic E-state index is 11.7. The summed E-state index contributed by atoms with van der Waals surface area (Å²) in [6.45, 7) is 6.23. The van der Waals surface area contributed by atoms with E-state index in [9.17, 15) is 4.79 Å². The average molecular weight is 287 g/mol. The van der Waals surface area contributed by atoms with Crippen LogP contribution in [0.1, 0.15) is 30.6 Å². The number of nitrogens with two attached hydrogens (primary N) is 1. The number of aryl methyl sites for hydroxylation is 2. The van der Waals surface area contributed by atoms with Crippen molar-refractivity contribution in [1.29, 1.82) is 0 Å². The van der Waals surface area contributed by atoms with Crippen molar-refractivity contribution in [3.8, 4) is 0 Å². The SMILES string of the molecule is Cc1nc(C)n(Cc2cccc(NC(=O)CC(C)N)c2)n1. The molecule has 0 radical (unpaired) electrons. The first-order valence-corrected chi connectivity index (χ1v) is 6.96. The van der Waals surface area contributed by atoms with Gasteiger partial charge in [-0.05, 0) is 38.5 Å². The minimum absolute atomic E-state index is 0.0741. The number of hydrogen-bond donors (Lipinski definition) is 2. The molecule has 112 valence electrons. The Kier molecular flexibility index (Phi) is 4.70. The molecule has 1 heterocycles. The molecule has 6 nitrogen and oxygen atoms in total. The topological polar surface area (TPSA) is 85.8 Å². The van der Waals surface area contributed by atoms with Crippen LogP contribution in [-0.2, 0) is 11.3 Å². The molecule has 0 saturated heterocycles. The van der Waals surface area contributed by atoms with E-state index >= 15 is 0 Å². The smallest absolute Gasteiger partial charge is 0.225 e. The number of anilines is 1. The summed E-state index contributed by atoms with van der Waals surface area (Å²) in [5.74, 6) is 1.56. The monoisotopic (exact) mass is 287 g/mol. The van der Waals surface area contributed by atoms with Crippen molar-refractivity contribution in [3.63, 3.8) is 0 Å². The zero-order valence-corrected chi connectivity index (χ0v) is 12.6. The molecule has 0 aliphatic carbocycles.